The Bertz CT molecular complexity index is 961. The van der Waals surface area contributed by atoms with Crippen LogP contribution >= 0.6 is 11.3 Å². The Morgan fingerprint density at radius 2 is 1.96 bits per heavy atom. The third-order valence-corrected chi connectivity index (χ3v) is 7.19. The minimum atomic E-state index is -3.48. The third-order valence-electron chi connectivity index (χ3n) is 4.31. The molecule has 0 saturated carbocycles. The van der Waals surface area contributed by atoms with Gasteiger partial charge in [-0.2, -0.15) is 9.41 Å². The topological polar surface area (TPSA) is 104 Å². The van der Waals surface area contributed by atoms with Crippen LogP contribution in [0.2, 0.25) is 0 Å². The SMILES string of the molecule is C/C(=N/NC(=O)Cc1nc(C)cs1)c1ccc(S(=O)(=O)N2CCNCC2)cc1. The number of thiazole rings is 1. The van der Waals surface area contributed by atoms with Crippen LogP contribution in [-0.4, -0.2) is 55.5 Å². The van der Waals surface area contributed by atoms with Gasteiger partial charge in [-0.25, -0.2) is 18.8 Å². The monoisotopic (exact) mass is 421 g/mol. The lowest BCUT2D eigenvalue weighted by Gasteiger charge is -2.26. The number of amides is 1. The van der Waals surface area contributed by atoms with E-state index in [-0.39, 0.29) is 17.2 Å². The summed E-state index contributed by atoms with van der Waals surface area (Å²) in [4.78, 5) is 16.5. The van der Waals surface area contributed by atoms with E-state index < -0.39 is 10.0 Å². The van der Waals surface area contributed by atoms with Gasteiger partial charge in [0.1, 0.15) is 5.01 Å². The molecular formula is C18H23N5O3S2. The number of nitrogens with zero attached hydrogens (tertiary/aromatic N) is 3. The number of hydrazone groups is 1. The van der Waals surface area contributed by atoms with Crippen molar-refractivity contribution in [2.45, 2.75) is 25.2 Å². The summed E-state index contributed by atoms with van der Waals surface area (Å²) in [5.74, 6) is -0.244. The molecule has 1 fully saturated rings. The minimum Gasteiger partial charge on any atom is -0.314 e. The van der Waals surface area contributed by atoms with E-state index >= 15 is 0 Å². The second-order valence-electron chi connectivity index (χ2n) is 6.47. The van der Waals surface area contributed by atoms with Gasteiger partial charge in [-0.1, -0.05) is 12.1 Å². The zero-order valence-corrected chi connectivity index (χ0v) is 17.4. The maximum Gasteiger partial charge on any atom is 0.246 e. The van der Waals surface area contributed by atoms with Crippen LogP contribution in [0.5, 0.6) is 0 Å². The molecule has 10 heteroatoms. The zero-order valence-electron chi connectivity index (χ0n) is 15.8. The summed E-state index contributed by atoms with van der Waals surface area (Å²) >= 11 is 1.44. The Hall–Kier alpha value is -2.14. The second kappa shape index (κ2) is 8.91. The Morgan fingerprint density at radius 3 is 2.57 bits per heavy atom. The van der Waals surface area contributed by atoms with Crippen LogP contribution in [0.3, 0.4) is 0 Å². The summed E-state index contributed by atoms with van der Waals surface area (Å²) in [5, 5.41) is 9.88. The summed E-state index contributed by atoms with van der Waals surface area (Å²) in [5.41, 5.74) is 4.74. The molecule has 150 valence electrons. The summed E-state index contributed by atoms with van der Waals surface area (Å²) < 4.78 is 26.8. The van der Waals surface area contributed by atoms with Crippen molar-refractivity contribution in [3.05, 3.63) is 45.9 Å². The van der Waals surface area contributed by atoms with E-state index in [1.54, 1.807) is 31.2 Å². The molecule has 0 aliphatic carbocycles. The quantitative estimate of drug-likeness (QED) is 0.538. The normalized spacial score (nSPS) is 16.1. The fraction of sp³-hybridized carbons (Fsp3) is 0.389. The fourth-order valence-corrected chi connectivity index (χ4v) is 4.99. The van der Waals surface area contributed by atoms with Gasteiger partial charge in [0.25, 0.3) is 0 Å². The van der Waals surface area contributed by atoms with Crippen LogP contribution in [0.25, 0.3) is 0 Å². The van der Waals surface area contributed by atoms with E-state index in [0.717, 1.165) is 16.3 Å². The molecule has 1 saturated heterocycles. The summed E-state index contributed by atoms with van der Waals surface area (Å²) in [6.07, 6.45) is 0.178. The third kappa shape index (κ3) is 5.02. The molecule has 8 nitrogen and oxygen atoms in total. The van der Waals surface area contributed by atoms with Crippen molar-refractivity contribution in [1.29, 1.82) is 0 Å². The van der Waals surface area contributed by atoms with E-state index in [2.05, 4.69) is 20.8 Å². The van der Waals surface area contributed by atoms with Crippen molar-refractivity contribution in [1.82, 2.24) is 20.0 Å². The number of carbonyl (C=O) groups is 1. The molecule has 0 radical (unpaired) electrons. The van der Waals surface area contributed by atoms with Gasteiger partial charge in [-0.15, -0.1) is 11.3 Å². The lowest BCUT2D eigenvalue weighted by atomic mass is 10.1. The second-order valence-corrected chi connectivity index (χ2v) is 9.35. The maximum absolute atomic E-state index is 12.7. The Labute approximate surface area is 168 Å². The minimum absolute atomic E-state index is 0.178. The van der Waals surface area contributed by atoms with Crippen molar-refractivity contribution < 1.29 is 13.2 Å². The molecule has 1 aromatic carbocycles. The van der Waals surface area contributed by atoms with Gasteiger partial charge in [-0.05, 0) is 31.5 Å². The molecule has 3 rings (SSSR count). The summed E-state index contributed by atoms with van der Waals surface area (Å²) in [7, 11) is -3.48. The Balaban J connectivity index is 1.63. The van der Waals surface area contributed by atoms with Gasteiger partial charge < -0.3 is 5.32 Å². The summed E-state index contributed by atoms with van der Waals surface area (Å²) in [6.45, 7) is 5.89. The molecule has 1 aliphatic rings. The standard InChI is InChI=1S/C18H23N5O3S2/c1-13-12-27-18(20-13)11-17(24)22-21-14(2)15-3-5-16(6-4-15)28(25,26)23-9-7-19-8-10-23/h3-6,12,19H,7-11H2,1-2H3,(H,22,24)/b21-14-. The number of hydrogen-bond acceptors (Lipinski definition) is 7. The summed E-state index contributed by atoms with van der Waals surface area (Å²) in [6, 6.07) is 6.55. The first-order valence-electron chi connectivity index (χ1n) is 8.92. The average molecular weight is 422 g/mol. The molecule has 2 aromatic rings. The lowest BCUT2D eigenvalue weighted by molar-refractivity contribution is -0.120. The van der Waals surface area contributed by atoms with Gasteiger partial charge in [0.2, 0.25) is 15.9 Å². The van der Waals surface area contributed by atoms with E-state index in [1.807, 2.05) is 12.3 Å². The molecule has 1 amide bonds. The van der Waals surface area contributed by atoms with Crippen LogP contribution in [0.4, 0.5) is 0 Å². The van der Waals surface area contributed by atoms with Crippen LogP contribution < -0.4 is 10.7 Å². The lowest BCUT2D eigenvalue weighted by Crippen LogP contribution is -2.46. The molecular weight excluding hydrogens is 398 g/mol. The van der Waals surface area contributed by atoms with Gasteiger partial charge in [0.15, 0.2) is 0 Å². The highest BCUT2D eigenvalue weighted by molar-refractivity contribution is 7.89. The Morgan fingerprint density at radius 1 is 1.29 bits per heavy atom. The number of hydrogen-bond donors (Lipinski definition) is 2. The molecule has 0 bridgehead atoms. The zero-order chi connectivity index (χ0) is 20.1. The smallest absolute Gasteiger partial charge is 0.246 e. The van der Waals surface area contributed by atoms with Gasteiger partial charge >= 0.3 is 0 Å². The first-order valence-corrected chi connectivity index (χ1v) is 11.2. The van der Waals surface area contributed by atoms with Gasteiger partial charge in [0.05, 0.1) is 17.0 Å². The highest BCUT2D eigenvalue weighted by atomic mass is 32.2. The van der Waals surface area contributed by atoms with E-state index in [1.165, 1.54) is 15.6 Å². The van der Waals surface area contributed by atoms with Crippen molar-refractivity contribution in [3.63, 3.8) is 0 Å². The number of sulfonamides is 1. The highest BCUT2D eigenvalue weighted by Gasteiger charge is 2.25. The molecule has 2 heterocycles. The average Bonchev–Trinajstić information content (AvgIpc) is 3.11. The van der Waals surface area contributed by atoms with Crippen LogP contribution in [0, 0.1) is 6.92 Å². The number of benzene rings is 1. The van der Waals surface area contributed by atoms with Crippen LogP contribution in [-0.2, 0) is 21.2 Å². The molecule has 0 unspecified atom stereocenters. The van der Waals surface area contributed by atoms with Gasteiger partial charge in [-0.3, -0.25) is 4.79 Å². The number of nitrogens with one attached hydrogen (secondary N) is 2. The number of aryl methyl sites for hydroxylation is 1. The first kappa shape index (κ1) is 20.6. The first-order chi connectivity index (χ1) is 13.4. The largest absolute Gasteiger partial charge is 0.314 e. The number of carbonyl (C=O) groups excluding carboxylic acids is 1. The van der Waals surface area contributed by atoms with Crippen molar-refractivity contribution in [3.8, 4) is 0 Å². The molecule has 1 aliphatic heterocycles. The fourth-order valence-electron chi connectivity index (χ4n) is 2.77. The van der Waals surface area contributed by atoms with E-state index in [9.17, 15) is 13.2 Å². The van der Waals surface area contributed by atoms with Crippen LogP contribution in [0.15, 0.2) is 39.6 Å². The Kier molecular flexibility index (Phi) is 6.55. The highest BCUT2D eigenvalue weighted by Crippen LogP contribution is 2.17. The molecule has 0 spiro atoms. The molecule has 1 aromatic heterocycles. The van der Waals surface area contributed by atoms with Crippen LogP contribution in [0.1, 0.15) is 23.2 Å². The molecule has 2 N–H and O–H groups in total. The maximum atomic E-state index is 12.7. The number of rotatable bonds is 6. The predicted octanol–water partition coefficient (Wildman–Crippen LogP) is 1.13. The van der Waals surface area contributed by atoms with Crippen molar-refractivity contribution >= 4 is 33.0 Å². The molecule has 0 atom stereocenters. The van der Waals surface area contributed by atoms with Crippen molar-refractivity contribution in [2.75, 3.05) is 26.2 Å². The molecule has 28 heavy (non-hydrogen) atoms. The van der Waals surface area contributed by atoms with Crippen molar-refractivity contribution in [2.24, 2.45) is 5.10 Å². The number of piperazine rings is 1. The van der Waals surface area contributed by atoms with E-state index in [0.29, 0.717) is 31.9 Å². The number of aromatic nitrogens is 1. The van der Waals surface area contributed by atoms with E-state index in [4.69, 9.17) is 0 Å². The predicted molar refractivity (Wildman–Crippen MR) is 109 cm³/mol. The van der Waals surface area contributed by atoms with Gasteiger partial charge in [0, 0.05) is 37.3 Å².